The lowest BCUT2D eigenvalue weighted by atomic mass is 9.98. The lowest BCUT2D eigenvalue weighted by molar-refractivity contribution is 0.572. The summed E-state index contributed by atoms with van der Waals surface area (Å²) in [5.74, 6) is 0.310. The van der Waals surface area contributed by atoms with E-state index >= 15 is 0 Å². The molecule has 0 fully saturated rings. The molecular formula is C14H19N3O2S. The summed E-state index contributed by atoms with van der Waals surface area (Å²) in [6.45, 7) is 4.18. The topological polar surface area (TPSA) is 74.8 Å². The van der Waals surface area contributed by atoms with E-state index < -0.39 is 10.0 Å². The highest BCUT2D eigenvalue weighted by molar-refractivity contribution is 7.89. The van der Waals surface area contributed by atoms with E-state index in [0.29, 0.717) is 18.2 Å². The molecule has 2 N–H and O–H groups in total. The quantitative estimate of drug-likeness (QED) is 0.857. The van der Waals surface area contributed by atoms with Gasteiger partial charge in [-0.15, -0.1) is 0 Å². The monoisotopic (exact) mass is 293 g/mol. The minimum Gasteiger partial charge on any atom is -0.281 e. The van der Waals surface area contributed by atoms with Gasteiger partial charge < -0.3 is 0 Å². The molecule has 2 rings (SSSR count). The fourth-order valence-electron chi connectivity index (χ4n) is 2.05. The number of hydrogen-bond donors (Lipinski definition) is 2. The fourth-order valence-corrected chi connectivity index (χ4v) is 3.23. The van der Waals surface area contributed by atoms with Crippen molar-refractivity contribution in [1.82, 2.24) is 14.9 Å². The van der Waals surface area contributed by atoms with Crippen LogP contribution in [0.15, 0.2) is 41.4 Å². The zero-order chi connectivity index (χ0) is 14.6. The molecule has 0 aliphatic heterocycles. The number of sulfonamides is 1. The van der Waals surface area contributed by atoms with Gasteiger partial charge in [0.15, 0.2) is 0 Å². The number of nitrogens with one attached hydrogen (secondary N) is 2. The summed E-state index contributed by atoms with van der Waals surface area (Å²) < 4.78 is 26.7. The van der Waals surface area contributed by atoms with Crippen LogP contribution in [0.25, 0.3) is 0 Å². The molecule has 1 aromatic heterocycles. The third-order valence-electron chi connectivity index (χ3n) is 3.31. The first-order chi connectivity index (χ1) is 9.50. The highest BCUT2D eigenvalue weighted by Crippen LogP contribution is 2.18. The summed E-state index contributed by atoms with van der Waals surface area (Å²) >= 11 is 0. The summed E-state index contributed by atoms with van der Waals surface area (Å²) in [5, 5.41) is 6.37. The number of aromatic nitrogens is 2. The Morgan fingerprint density at radius 1 is 1.30 bits per heavy atom. The number of H-pyrrole nitrogens is 1. The van der Waals surface area contributed by atoms with Crippen molar-refractivity contribution in [3.63, 3.8) is 0 Å². The van der Waals surface area contributed by atoms with Crippen molar-refractivity contribution in [2.45, 2.75) is 31.1 Å². The van der Waals surface area contributed by atoms with Crippen LogP contribution in [0.4, 0.5) is 0 Å². The maximum Gasteiger partial charge on any atom is 0.243 e. The molecule has 1 atom stereocenters. The van der Waals surface area contributed by atoms with Crippen LogP contribution in [0.3, 0.4) is 0 Å². The molecule has 0 spiro atoms. The summed E-state index contributed by atoms with van der Waals surface area (Å²) in [6.07, 6.45) is 2.08. The number of rotatable bonds is 6. The fraction of sp³-hybridized carbons (Fsp3) is 0.357. The molecule has 0 saturated heterocycles. The van der Waals surface area contributed by atoms with Crippen LogP contribution >= 0.6 is 0 Å². The maximum atomic E-state index is 12.1. The van der Waals surface area contributed by atoms with Gasteiger partial charge >= 0.3 is 0 Å². The second-order valence-corrected chi connectivity index (χ2v) is 6.59. The minimum atomic E-state index is -3.47. The molecule has 0 bridgehead atoms. The molecule has 20 heavy (non-hydrogen) atoms. The Kier molecular flexibility index (Phi) is 4.57. The van der Waals surface area contributed by atoms with Gasteiger partial charge in [-0.25, -0.2) is 13.1 Å². The zero-order valence-electron chi connectivity index (χ0n) is 11.6. The van der Waals surface area contributed by atoms with E-state index in [0.717, 1.165) is 6.42 Å². The molecule has 1 heterocycles. The molecule has 6 heteroatoms. The lowest BCUT2D eigenvalue weighted by Crippen LogP contribution is -2.26. The second kappa shape index (κ2) is 6.19. The first-order valence-electron chi connectivity index (χ1n) is 6.55. The average molecular weight is 293 g/mol. The van der Waals surface area contributed by atoms with Crippen LogP contribution in [0, 0.1) is 6.92 Å². The number of benzene rings is 1. The SMILES string of the molecule is Cc1[nH]ncc1S(=O)(=O)NCCC(C)c1ccccc1. The lowest BCUT2D eigenvalue weighted by Gasteiger charge is -2.12. The van der Waals surface area contributed by atoms with E-state index in [-0.39, 0.29) is 4.90 Å². The number of nitrogens with zero attached hydrogens (tertiary/aromatic N) is 1. The summed E-state index contributed by atoms with van der Waals surface area (Å²) in [6, 6.07) is 10.1. The van der Waals surface area contributed by atoms with E-state index in [2.05, 4.69) is 34.0 Å². The van der Waals surface area contributed by atoms with Crippen molar-refractivity contribution >= 4 is 10.0 Å². The Hall–Kier alpha value is -1.66. The van der Waals surface area contributed by atoms with Crippen LogP contribution in [0.2, 0.25) is 0 Å². The van der Waals surface area contributed by atoms with E-state index in [1.54, 1.807) is 6.92 Å². The van der Waals surface area contributed by atoms with E-state index in [1.807, 2.05) is 18.2 Å². The molecular weight excluding hydrogens is 274 g/mol. The molecule has 5 nitrogen and oxygen atoms in total. The van der Waals surface area contributed by atoms with Crippen LogP contribution in [0.5, 0.6) is 0 Å². The molecule has 2 aromatic rings. The first kappa shape index (κ1) is 14.7. The van der Waals surface area contributed by atoms with Gasteiger partial charge in [0.05, 0.1) is 11.9 Å². The molecule has 0 amide bonds. The van der Waals surface area contributed by atoms with Crippen molar-refractivity contribution in [2.75, 3.05) is 6.54 Å². The summed E-state index contributed by atoms with van der Waals surface area (Å²) in [4.78, 5) is 0.213. The van der Waals surface area contributed by atoms with Gasteiger partial charge in [-0.05, 0) is 24.8 Å². The Morgan fingerprint density at radius 2 is 2.00 bits per heavy atom. The van der Waals surface area contributed by atoms with Gasteiger partial charge in [-0.2, -0.15) is 5.10 Å². The number of aromatic amines is 1. The zero-order valence-corrected chi connectivity index (χ0v) is 12.4. The highest BCUT2D eigenvalue weighted by atomic mass is 32.2. The molecule has 0 aliphatic carbocycles. The smallest absolute Gasteiger partial charge is 0.243 e. The van der Waals surface area contributed by atoms with Crippen LogP contribution in [-0.2, 0) is 10.0 Å². The predicted octanol–water partition coefficient (Wildman–Crippen LogP) is 2.19. The van der Waals surface area contributed by atoms with Crippen LogP contribution in [-0.4, -0.2) is 25.2 Å². The number of hydrogen-bond acceptors (Lipinski definition) is 3. The molecule has 1 aromatic carbocycles. The maximum absolute atomic E-state index is 12.1. The first-order valence-corrected chi connectivity index (χ1v) is 8.03. The summed E-state index contributed by atoms with van der Waals surface area (Å²) in [7, 11) is -3.47. The van der Waals surface area contributed by atoms with E-state index in [4.69, 9.17) is 0 Å². The van der Waals surface area contributed by atoms with Gasteiger partial charge in [-0.1, -0.05) is 37.3 Å². The normalized spacial score (nSPS) is 13.3. The van der Waals surface area contributed by atoms with Gasteiger partial charge in [0.25, 0.3) is 0 Å². The Morgan fingerprint density at radius 3 is 2.60 bits per heavy atom. The van der Waals surface area contributed by atoms with Gasteiger partial charge in [0.2, 0.25) is 10.0 Å². The molecule has 0 saturated carbocycles. The molecule has 108 valence electrons. The van der Waals surface area contributed by atoms with Crippen molar-refractivity contribution in [2.24, 2.45) is 0 Å². The Bertz CT molecular complexity index is 650. The van der Waals surface area contributed by atoms with Gasteiger partial charge in [0.1, 0.15) is 4.90 Å². The Balaban J connectivity index is 1.92. The summed E-state index contributed by atoms with van der Waals surface area (Å²) in [5.41, 5.74) is 1.76. The Labute approximate surface area is 119 Å². The van der Waals surface area contributed by atoms with E-state index in [1.165, 1.54) is 11.8 Å². The van der Waals surface area contributed by atoms with Gasteiger partial charge in [-0.3, -0.25) is 5.10 Å². The third kappa shape index (κ3) is 3.46. The molecule has 1 unspecified atom stereocenters. The molecule has 0 radical (unpaired) electrons. The van der Waals surface area contributed by atoms with Gasteiger partial charge in [0, 0.05) is 6.54 Å². The largest absolute Gasteiger partial charge is 0.281 e. The van der Waals surface area contributed by atoms with Crippen molar-refractivity contribution in [3.8, 4) is 0 Å². The average Bonchev–Trinajstić information content (AvgIpc) is 2.86. The highest BCUT2D eigenvalue weighted by Gasteiger charge is 2.18. The third-order valence-corrected chi connectivity index (χ3v) is 4.89. The van der Waals surface area contributed by atoms with Crippen molar-refractivity contribution < 1.29 is 8.42 Å². The standard InChI is InChI=1S/C14H19N3O2S/c1-11(13-6-4-3-5-7-13)8-9-16-20(18,19)14-10-15-17-12(14)2/h3-7,10-11,16H,8-9H2,1-2H3,(H,15,17). The minimum absolute atomic E-state index is 0.213. The second-order valence-electron chi connectivity index (χ2n) is 4.86. The van der Waals surface area contributed by atoms with Crippen LogP contribution < -0.4 is 4.72 Å². The van der Waals surface area contributed by atoms with Crippen molar-refractivity contribution in [3.05, 3.63) is 47.8 Å². The molecule has 0 aliphatic rings. The number of aryl methyl sites for hydroxylation is 1. The van der Waals surface area contributed by atoms with Crippen LogP contribution in [0.1, 0.15) is 30.5 Å². The predicted molar refractivity (Wildman–Crippen MR) is 78.0 cm³/mol. The van der Waals surface area contributed by atoms with Crippen molar-refractivity contribution in [1.29, 1.82) is 0 Å². The van der Waals surface area contributed by atoms with E-state index in [9.17, 15) is 8.42 Å².